The molecular weight excluding hydrogens is 212 g/mol. The Hall–Kier alpha value is -2.05. The van der Waals surface area contributed by atoms with Crippen molar-refractivity contribution in [2.45, 2.75) is 19.4 Å². The number of imidazole rings is 1. The Kier molecular flexibility index (Phi) is 4.84. The summed E-state index contributed by atoms with van der Waals surface area (Å²) in [6.07, 6.45) is 3.74. The van der Waals surface area contributed by atoms with Gasteiger partial charge in [-0.25, -0.2) is 9.78 Å². The third kappa shape index (κ3) is 4.99. The quantitative estimate of drug-likeness (QED) is 0.515. The Morgan fingerprint density at radius 1 is 1.44 bits per heavy atom. The summed E-state index contributed by atoms with van der Waals surface area (Å²) in [4.78, 5) is 28.1. The zero-order valence-electron chi connectivity index (χ0n) is 8.69. The highest BCUT2D eigenvalue weighted by Crippen LogP contribution is 1.88. The highest BCUT2D eigenvalue weighted by atomic mass is 16.4. The van der Waals surface area contributed by atoms with Crippen LogP contribution in [0.5, 0.6) is 0 Å². The summed E-state index contributed by atoms with van der Waals surface area (Å²) in [5, 5.41) is 13.5. The number of hydrogen-bond donors (Lipinski definition) is 4. The van der Waals surface area contributed by atoms with Crippen molar-refractivity contribution < 1.29 is 14.7 Å². The van der Waals surface area contributed by atoms with Crippen molar-refractivity contribution in [1.29, 1.82) is 0 Å². The number of aliphatic carboxylic acids is 1. The second-order valence-corrected chi connectivity index (χ2v) is 3.14. The topological polar surface area (TPSA) is 107 Å². The highest BCUT2D eigenvalue weighted by Gasteiger charge is 2.01. The van der Waals surface area contributed by atoms with Gasteiger partial charge in [-0.1, -0.05) is 0 Å². The molecule has 7 nitrogen and oxygen atoms in total. The van der Waals surface area contributed by atoms with Crippen LogP contribution in [0.15, 0.2) is 12.4 Å². The molecule has 0 radical (unpaired) electrons. The summed E-state index contributed by atoms with van der Waals surface area (Å²) in [6, 6.07) is -0.332. The number of amides is 2. The fourth-order valence-electron chi connectivity index (χ4n) is 1.06. The Morgan fingerprint density at radius 2 is 2.25 bits per heavy atom. The van der Waals surface area contributed by atoms with Crippen LogP contribution in [0.2, 0.25) is 0 Å². The first kappa shape index (κ1) is 12.0. The van der Waals surface area contributed by atoms with Crippen molar-refractivity contribution in [2.24, 2.45) is 0 Å². The lowest BCUT2D eigenvalue weighted by atomic mass is 10.3. The van der Waals surface area contributed by atoms with Crippen LogP contribution in [0, 0.1) is 0 Å². The average molecular weight is 226 g/mol. The smallest absolute Gasteiger partial charge is 0.315 e. The molecule has 0 unspecified atom stereocenters. The fourth-order valence-corrected chi connectivity index (χ4v) is 1.06. The Labute approximate surface area is 92.3 Å². The molecule has 0 aliphatic rings. The first-order valence-electron chi connectivity index (χ1n) is 4.90. The average Bonchev–Trinajstić information content (AvgIpc) is 2.74. The maximum atomic E-state index is 11.2. The Morgan fingerprint density at radius 3 is 2.88 bits per heavy atom. The van der Waals surface area contributed by atoms with Crippen LogP contribution >= 0.6 is 0 Å². The molecule has 16 heavy (non-hydrogen) atoms. The number of urea groups is 1. The number of H-pyrrole nitrogens is 1. The number of nitrogens with zero attached hydrogens (tertiary/aromatic N) is 1. The van der Waals surface area contributed by atoms with Crippen molar-refractivity contribution >= 4 is 12.0 Å². The van der Waals surface area contributed by atoms with Gasteiger partial charge in [0.15, 0.2) is 0 Å². The molecule has 0 bridgehead atoms. The van der Waals surface area contributed by atoms with Gasteiger partial charge in [-0.3, -0.25) is 4.79 Å². The lowest BCUT2D eigenvalue weighted by molar-refractivity contribution is -0.137. The number of rotatable bonds is 6. The van der Waals surface area contributed by atoms with E-state index in [1.54, 1.807) is 12.4 Å². The summed E-state index contributed by atoms with van der Waals surface area (Å²) < 4.78 is 0. The first-order valence-corrected chi connectivity index (χ1v) is 4.90. The van der Waals surface area contributed by atoms with E-state index in [0.29, 0.717) is 25.3 Å². The van der Waals surface area contributed by atoms with E-state index < -0.39 is 5.97 Å². The predicted octanol–water partition coefficient (Wildman–Crippen LogP) is 0.0737. The van der Waals surface area contributed by atoms with E-state index in [1.165, 1.54) is 0 Å². The molecule has 1 rings (SSSR count). The molecule has 0 spiro atoms. The number of carbonyl (C=O) groups is 2. The number of aromatic amines is 1. The van der Waals surface area contributed by atoms with Crippen molar-refractivity contribution in [3.8, 4) is 0 Å². The summed E-state index contributed by atoms with van der Waals surface area (Å²) in [5.74, 6) is -0.196. The Bertz CT molecular complexity index is 337. The molecule has 88 valence electrons. The molecule has 1 aromatic rings. The van der Waals surface area contributed by atoms with Crippen LogP contribution in [0.4, 0.5) is 4.79 Å². The molecular formula is C9H14N4O3. The van der Waals surface area contributed by atoms with E-state index in [4.69, 9.17) is 5.11 Å². The third-order valence-electron chi connectivity index (χ3n) is 1.82. The molecule has 0 fully saturated rings. The summed E-state index contributed by atoms with van der Waals surface area (Å²) in [6.45, 7) is 0.661. The van der Waals surface area contributed by atoms with E-state index in [0.717, 1.165) is 0 Å². The second kappa shape index (κ2) is 6.44. The largest absolute Gasteiger partial charge is 0.481 e. The maximum absolute atomic E-state index is 11.2. The normalized spacial score (nSPS) is 9.75. The molecule has 0 atom stereocenters. The van der Waals surface area contributed by atoms with E-state index >= 15 is 0 Å². The molecule has 0 saturated heterocycles. The van der Waals surface area contributed by atoms with E-state index in [9.17, 15) is 9.59 Å². The molecule has 4 N–H and O–H groups in total. The van der Waals surface area contributed by atoms with Crippen molar-refractivity contribution in [1.82, 2.24) is 20.6 Å². The van der Waals surface area contributed by atoms with Crippen LogP contribution in [0.25, 0.3) is 0 Å². The van der Waals surface area contributed by atoms with Crippen LogP contribution in [-0.4, -0.2) is 33.6 Å². The second-order valence-electron chi connectivity index (χ2n) is 3.14. The van der Waals surface area contributed by atoms with Crippen LogP contribution in [0.1, 0.15) is 18.7 Å². The lowest BCUT2D eigenvalue weighted by Crippen LogP contribution is -2.35. The molecule has 0 saturated carbocycles. The van der Waals surface area contributed by atoms with Gasteiger partial charge in [-0.15, -0.1) is 0 Å². The van der Waals surface area contributed by atoms with Crippen molar-refractivity contribution in [3.63, 3.8) is 0 Å². The molecule has 0 aliphatic heterocycles. The fraction of sp³-hybridized carbons (Fsp3) is 0.444. The van der Waals surface area contributed by atoms with Crippen LogP contribution < -0.4 is 10.6 Å². The number of carboxylic acid groups (broad SMARTS) is 1. The van der Waals surface area contributed by atoms with Gasteiger partial charge in [0.1, 0.15) is 5.82 Å². The molecule has 1 heterocycles. The van der Waals surface area contributed by atoms with Gasteiger partial charge in [0.25, 0.3) is 0 Å². The summed E-state index contributed by atoms with van der Waals surface area (Å²) in [7, 11) is 0. The molecule has 0 aliphatic carbocycles. The highest BCUT2D eigenvalue weighted by molar-refractivity contribution is 5.73. The minimum absolute atomic E-state index is 0.0540. The van der Waals surface area contributed by atoms with Gasteiger partial charge in [0.05, 0.1) is 6.54 Å². The number of carboxylic acids is 1. The van der Waals surface area contributed by atoms with Crippen LogP contribution in [0.3, 0.4) is 0 Å². The predicted molar refractivity (Wildman–Crippen MR) is 55.7 cm³/mol. The third-order valence-corrected chi connectivity index (χ3v) is 1.82. The van der Waals surface area contributed by atoms with Gasteiger partial charge in [-0.05, 0) is 6.42 Å². The Balaban J connectivity index is 2.05. The van der Waals surface area contributed by atoms with Crippen LogP contribution in [-0.2, 0) is 11.3 Å². The SMILES string of the molecule is O=C(O)CCCNC(=O)NCc1ncc[nH]1. The maximum Gasteiger partial charge on any atom is 0.315 e. The standard InChI is InChI=1S/C9H14N4O3/c14-8(15)2-1-3-12-9(16)13-6-7-10-4-5-11-7/h4-5H,1-3,6H2,(H,10,11)(H,14,15)(H2,12,13,16). The van der Waals surface area contributed by atoms with E-state index in [2.05, 4.69) is 20.6 Å². The van der Waals surface area contributed by atoms with Crippen molar-refractivity contribution in [2.75, 3.05) is 6.54 Å². The zero-order valence-corrected chi connectivity index (χ0v) is 8.69. The number of carbonyl (C=O) groups excluding carboxylic acids is 1. The summed E-state index contributed by atoms with van der Waals surface area (Å²) >= 11 is 0. The van der Waals surface area contributed by atoms with E-state index in [-0.39, 0.29) is 12.5 Å². The van der Waals surface area contributed by atoms with Gasteiger partial charge in [-0.2, -0.15) is 0 Å². The molecule has 7 heteroatoms. The zero-order chi connectivity index (χ0) is 11.8. The summed E-state index contributed by atoms with van der Waals surface area (Å²) in [5.41, 5.74) is 0. The van der Waals surface area contributed by atoms with Gasteiger partial charge in [0.2, 0.25) is 0 Å². The monoisotopic (exact) mass is 226 g/mol. The lowest BCUT2D eigenvalue weighted by Gasteiger charge is -2.05. The van der Waals surface area contributed by atoms with Crippen molar-refractivity contribution in [3.05, 3.63) is 18.2 Å². The van der Waals surface area contributed by atoms with E-state index in [1.807, 2.05) is 0 Å². The molecule has 0 aromatic carbocycles. The molecule has 2 amide bonds. The number of nitrogens with one attached hydrogen (secondary N) is 3. The number of hydrogen-bond acceptors (Lipinski definition) is 3. The van der Waals surface area contributed by atoms with Gasteiger partial charge in [0, 0.05) is 25.4 Å². The molecule has 1 aromatic heterocycles. The number of aromatic nitrogens is 2. The first-order chi connectivity index (χ1) is 7.68. The van der Waals surface area contributed by atoms with Gasteiger partial charge < -0.3 is 20.7 Å². The van der Waals surface area contributed by atoms with Gasteiger partial charge >= 0.3 is 12.0 Å². The minimum atomic E-state index is -0.863. The minimum Gasteiger partial charge on any atom is -0.481 e.